The molecule has 680 valence electrons. The molecule has 14 rings (SSSR count). The summed E-state index contributed by atoms with van der Waals surface area (Å²) in [6.07, 6.45) is 12.7. The third-order valence-electron chi connectivity index (χ3n) is 23.2. The Balaban J connectivity index is 0.000000269. The number of nitrogens with zero attached hydrogens (tertiary/aromatic N) is 8. The first-order valence-electron chi connectivity index (χ1n) is 41.2. The van der Waals surface area contributed by atoms with Gasteiger partial charge in [-0.05, 0) is 167 Å². The monoisotopic (exact) mass is 1820 g/mol. The summed E-state index contributed by atoms with van der Waals surface area (Å²) in [6, 6.07) is 9.51. The van der Waals surface area contributed by atoms with E-state index >= 15 is 0 Å². The minimum absolute atomic E-state index is 0. The maximum absolute atomic E-state index is 14.8. The summed E-state index contributed by atoms with van der Waals surface area (Å²) in [5, 5.41) is 20.4. The van der Waals surface area contributed by atoms with Crippen LogP contribution in [0.25, 0.3) is 21.8 Å². The number of quaternary nitrogens is 1. The van der Waals surface area contributed by atoms with E-state index in [1.54, 1.807) is 43.4 Å². The van der Waals surface area contributed by atoms with Gasteiger partial charge in [-0.3, -0.25) is 52.4 Å². The third kappa shape index (κ3) is 24.9. The van der Waals surface area contributed by atoms with Crippen molar-refractivity contribution in [2.75, 3.05) is 27.3 Å². The number of halogens is 5. The van der Waals surface area contributed by atoms with E-state index in [4.69, 9.17) is 38.4 Å². The molecule has 31 nitrogen and oxygen atoms in total. The number of rotatable bonds is 23. The Bertz CT molecular complexity index is 5190. The number of carboxylic acid groups (broad SMARTS) is 1. The SMILES string of the molecule is C.C.COc1ccc2c(O[C@@H]3C[C@H]4C(=O)C[C@]5(C(=O)NS(=O)(=O)C6CC6)C[C@H]5/C=C\CCCCC[C@H](NC(=O)c5ccn(CC(F)F)n5)C(=O)N4C3)cc(OC(C)C)nc2c1C.COc1ccc2c(O[C@@H]3C[C@H]4C(=O)C[C@]5(C(=O)NS(=O)(=O)C6CC6)C[C@H]5/C=C\CCCCC[C@H]([NH3+])C(=O)N4C3)cc(OC(C)C)nc2c1C.O=C([O-])c1ccn(CC(F)F)n1.[Cl-].[Na+]. The van der Waals surface area contributed by atoms with E-state index in [2.05, 4.69) is 30.7 Å². The van der Waals surface area contributed by atoms with Crippen LogP contribution in [-0.2, 0) is 61.9 Å². The maximum atomic E-state index is 14.8. The van der Waals surface area contributed by atoms with Crippen molar-refractivity contribution in [1.82, 2.24) is 54.1 Å². The number of alkyl halides is 4. The van der Waals surface area contributed by atoms with Crippen molar-refractivity contribution in [2.24, 2.45) is 22.7 Å². The van der Waals surface area contributed by atoms with Gasteiger partial charge in [-0.2, -0.15) is 10.2 Å². The fourth-order valence-electron chi connectivity index (χ4n) is 16.3. The summed E-state index contributed by atoms with van der Waals surface area (Å²) in [5.74, 6) is -2.82. The normalized spacial score (nSPS) is 24.5. The van der Waals surface area contributed by atoms with E-state index in [9.17, 15) is 77.9 Å². The van der Waals surface area contributed by atoms with Crippen molar-refractivity contribution in [3.8, 4) is 34.8 Å². The average molecular weight is 1820 g/mol. The van der Waals surface area contributed by atoms with Gasteiger partial charge in [-0.1, -0.05) is 58.4 Å². The number of benzene rings is 2. The molecule has 8 aliphatic rings. The van der Waals surface area contributed by atoms with Crippen molar-refractivity contribution < 1.29 is 154 Å². The fraction of sp³-hybridized carbons (Fsp3) is 0.581. The van der Waals surface area contributed by atoms with Crippen LogP contribution in [0.3, 0.4) is 0 Å². The van der Waals surface area contributed by atoms with Gasteiger partial charge in [-0.25, -0.2) is 44.4 Å². The molecule has 2 saturated heterocycles. The number of allylic oxidation sites excluding steroid dienone is 4. The number of hydrogen-bond acceptors (Lipinski definition) is 23. The Morgan fingerprint density at radius 2 is 1.00 bits per heavy atom. The number of sulfonamides is 2. The van der Waals surface area contributed by atoms with Gasteiger partial charge in [0.05, 0.1) is 89.9 Å². The second kappa shape index (κ2) is 43.2. The number of aromatic carboxylic acids is 1. The molecule has 0 radical (unpaired) electrons. The quantitative estimate of drug-likeness (QED) is 0.0406. The third-order valence-corrected chi connectivity index (χ3v) is 26.9. The van der Waals surface area contributed by atoms with E-state index in [-0.39, 0.29) is 156 Å². The van der Waals surface area contributed by atoms with Crippen LogP contribution in [0.4, 0.5) is 17.6 Å². The molecule has 4 aromatic heterocycles. The van der Waals surface area contributed by atoms with Gasteiger partial charge in [0.2, 0.25) is 49.5 Å². The molecular formula is C86H114ClF4N12NaO19S2. The molecule has 8 heterocycles. The second-order valence-electron chi connectivity index (χ2n) is 33.1. The molecule has 0 bridgehead atoms. The van der Waals surface area contributed by atoms with Crippen LogP contribution in [-0.4, -0.2) is 202 Å². The van der Waals surface area contributed by atoms with Crippen molar-refractivity contribution in [3.05, 3.63) is 108 Å². The van der Waals surface area contributed by atoms with Gasteiger partial charge in [0.25, 0.3) is 24.7 Å². The molecule has 4 aliphatic heterocycles. The van der Waals surface area contributed by atoms with E-state index in [1.807, 2.05) is 78.0 Å². The molecule has 4 saturated carbocycles. The maximum Gasteiger partial charge on any atom is 1.00 e. The Morgan fingerprint density at radius 3 is 1.40 bits per heavy atom. The summed E-state index contributed by atoms with van der Waals surface area (Å²) < 4.78 is 144. The van der Waals surface area contributed by atoms with Gasteiger partial charge in [0.15, 0.2) is 17.6 Å². The van der Waals surface area contributed by atoms with Crippen LogP contribution in [0, 0.1) is 36.5 Å². The topological polar surface area (TPSA) is 415 Å². The second-order valence-corrected chi connectivity index (χ2v) is 37.1. The molecule has 0 spiro atoms. The standard InChI is InChI=1S/C42H52F2N6O9S.C36H48N4O8S.C6H6F2N2O2.2CH4.ClH.Na/c1-24(2)58-37-19-35(29-14-15-34(57-4)25(3)38(29)46-37)59-27-18-32-33(51)21-42(41(54)48-60(55,56)28-12-13-28)20-26(42)10-8-6-5-7-9-11-31(40(53)50(32)22-27)45-39(52)30-16-17-49(47-30)23-36(43)44;1-21(2)47-32-17-31(26-14-15-30(46-4)22(3)33(26)38-32)48-24-16-28-29(41)19-36(35(43)39-49(44,45)25-12-13-25)18-23(36)10-8-6-5-7-9-11-27(37)34(42)40(28)20-24;7-5(8)3-10-2-1-4(9-10)6(11)12;;;;/h8,10,14-17,19,24,26-28,31-32,36H,5-7,9,11-13,18,20-23H2,1-4H3,(H,45,52)(H,48,54);8,10,14-15,17,21,23-25,27-28H,5-7,9,11-13,16,18-20,37H2,1-4H3,(H,39,43);1-2,5H,3H2,(H,11,12);2*1H4;1H;/q;;;;;;+1/p-1/b2*10-8-;;;;;/t26-,27-,31+,32+,42-;23-,24-,27+,28+,36-;;;;;/m11...../s1. The first kappa shape index (κ1) is 101. The molecule has 39 heteroatoms. The summed E-state index contributed by atoms with van der Waals surface area (Å²) in [5.41, 5.74) is 3.99. The Hall–Kier alpha value is -9.01. The Labute approximate surface area is 754 Å². The number of amides is 5. The first-order valence-corrected chi connectivity index (χ1v) is 44.3. The van der Waals surface area contributed by atoms with Crippen molar-refractivity contribution in [1.29, 1.82) is 0 Å². The van der Waals surface area contributed by atoms with Crippen LogP contribution < -0.4 is 96.0 Å². The molecule has 6 N–H and O–H groups in total. The van der Waals surface area contributed by atoms with Gasteiger partial charge in [-0.15, -0.1) is 0 Å². The van der Waals surface area contributed by atoms with E-state index < -0.39 is 139 Å². The molecular weight excluding hydrogens is 1700 g/mol. The molecule has 6 aromatic rings. The number of Topliss-reactive ketones (excluding diaryl/α,β-unsaturated/α-hetero) is 2. The number of hydrogen-bond donors (Lipinski definition) is 4. The van der Waals surface area contributed by atoms with E-state index in [0.717, 1.165) is 70.2 Å². The average Bonchev–Trinajstić information content (AvgIpc) is 1.62. The number of aryl methyl sites for hydroxylation is 2. The number of methoxy groups -OCH3 is 2. The van der Waals surface area contributed by atoms with E-state index in [0.29, 0.717) is 109 Å². The van der Waals surface area contributed by atoms with Crippen LogP contribution in [0.5, 0.6) is 34.8 Å². The number of ketones is 2. The summed E-state index contributed by atoms with van der Waals surface area (Å²) >= 11 is 0. The predicted octanol–water partition coefficient (Wildman–Crippen LogP) is 3.23. The zero-order valence-electron chi connectivity index (χ0n) is 70.4. The first-order chi connectivity index (χ1) is 57.5. The van der Waals surface area contributed by atoms with Gasteiger partial charge < -0.3 is 71.6 Å². The van der Waals surface area contributed by atoms with Gasteiger partial charge >= 0.3 is 29.6 Å². The number of aromatic nitrogens is 6. The smallest absolute Gasteiger partial charge is 1.00 e. The van der Waals surface area contributed by atoms with Crippen LogP contribution in [0.2, 0.25) is 0 Å². The number of carbonyl (C=O) groups is 8. The van der Waals surface area contributed by atoms with Crippen molar-refractivity contribution in [2.45, 2.75) is 270 Å². The summed E-state index contributed by atoms with van der Waals surface area (Å²) in [7, 11) is -4.55. The minimum atomic E-state index is -3.91. The predicted molar refractivity (Wildman–Crippen MR) is 444 cm³/mol. The molecule has 6 fully saturated rings. The summed E-state index contributed by atoms with van der Waals surface area (Å²) in [4.78, 5) is 121. The molecule has 2 aromatic carbocycles. The zero-order chi connectivity index (χ0) is 87.2. The number of pyridine rings is 2. The largest absolute Gasteiger partial charge is 1.00 e. The molecule has 4 aliphatic carbocycles. The Morgan fingerprint density at radius 1 is 0.584 bits per heavy atom. The van der Waals surface area contributed by atoms with Crippen LogP contribution >= 0.6 is 0 Å². The molecule has 0 unspecified atom stereocenters. The van der Waals surface area contributed by atoms with Gasteiger partial charge in [0, 0.05) is 78.5 Å². The number of fused-ring (bicyclic) bond motifs is 6. The number of nitrogens with one attached hydrogen (secondary N) is 3. The molecule has 5 amide bonds. The molecule has 125 heavy (non-hydrogen) atoms. The van der Waals surface area contributed by atoms with E-state index in [1.165, 1.54) is 17.2 Å². The minimum Gasteiger partial charge on any atom is -1.00 e. The number of carbonyl (C=O) groups excluding carboxylic acids is 8. The van der Waals surface area contributed by atoms with Crippen LogP contribution in [0.15, 0.2) is 85.2 Å². The Kier molecular flexibility index (Phi) is 35.0. The van der Waals surface area contributed by atoms with Crippen LogP contribution in [0.1, 0.15) is 203 Å². The number of carboxylic acids is 1. The fourth-order valence-corrected chi connectivity index (χ4v) is 19.1. The molecule has 10 atom stereocenters. The van der Waals surface area contributed by atoms with Crippen molar-refractivity contribution >= 4 is 88.9 Å². The zero-order valence-corrected chi connectivity index (χ0v) is 74.8. The van der Waals surface area contributed by atoms with Gasteiger partial charge in [0.1, 0.15) is 65.7 Å². The van der Waals surface area contributed by atoms with Crippen molar-refractivity contribution in [3.63, 3.8) is 0 Å². The number of ether oxygens (including phenoxy) is 6. The summed E-state index contributed by atoms with van der Waals surface area (Å²) in [6.45, 7) is 10.1.